The molecule has 0 radical (unpaired) electrons. The number of benzene rings is 1. The van der Waals surface area contributed by atoms with Crippen LogP contribution in [0.2, 0.25) is 0 Å². The predicted octanol–water partition coefficient (Wildman–Crippen LogP) is 2.11. The SMILES string of the molecule is CC(C)(C)C[C@H](NC(=O)Cn1cnnn1)c1ccc(F)cc1. The second-order valence-corrected chi connectivity index (χ2v) is 6.44. The average Bonchev–Trinajstić information content (AvgIpc) is 2.90. The molecule has 22 heavy (non-hydrogen) atoms. The minimum Gasteiger partial charge on any atom is -0.348 e. The molecule has 0 aliphatic rings. The first-order chi connectivity index (χ1) is 10.3. The van der Waals surface area contributed by atoms with Crippen molar-refractivity contribution in [2.75, 3.05) is 0 Å². The summed E-state index contributed by atoms with van der Waals surface area (Å²) in [5.74, 6) is -0.482. The third-order valence-electron chi connectivity index (χ3n) is 3.12. The maximum atomic E-state index is 13.1. The summed E-state index contributed by atoms with van der Waals surface area (Å²) in [5, 5.41) is 13.6. The Hall–Kier alpha value is -2.31. The van der Waals surface area contributed by atoms with Crippen LogP contribution in [0.4, 0.5) is 4.39 Å². The summed E-state index contributed by atoms with van der Waals surface area (Å²) in [6.07, 6.45) is 2.12. The van der Waals surface area contributed by atoms with E-state index in [-0.39, 0.29) is 29.7 Å². The Morgan fingerprint density at radius 1 is 1.32 bits per heavy atom. The molecule has 0 saturated heterocycles. The number of hydrogen-bond acceptors (Lipinski definition) is 4. The molecule has 1 amide bonds. The largest absolute Gasteiger partial charge is 0.348 e. The van der Waals surface area contributed by atoms with E-state index < -0.39 is 0 Å². The van der Waals surface area contributed by atoms with Gasteiger partial charge in [-0.15, -0.1) is 5.10 Å². The van der Waals surface area contributed by atoms with Crippen molar-refractivity contribution in [2.24, 2.45) is 5.41 Å². The highest BCUT2D eigenvalue weighted by Gasteiger charge is 2.22. The molecule has 6 nitrogen and oxygen atoms in total. The number of carbonyl (C=O) groups excluding carboxylic acids is 1. The van der Waals surface area contributed by atoms with Crippen LogP contribution in [0.25, 0.3) is 0 Å². The fraction of sp³-hybridized carbons (Fsp3) is 0.467. The highest BCUT2D eigenvalue weighted by atomic mass is 19.1. The van der Waals surface area contributed by atoms with Crippen molar-refractivity contribution in [2.45, 2.75) is 39.8 Å². The molecule has 1 N–H and O–H groups in total. The fourth-order valence-electron chi connectivity index (χ4n) is 2.20. The Balaban J connectivity index is 2.10. The van der Waals surface area contributed by atoms with Crippen LogP contribution < -0.4 is 5.32 Å². The Kier molecular flexibility index (Phi) is 4.85. The van der Waals surface area contributed by atoms with Crippen LogP contribution in [0.1, 0.15) is 38.8 Å². The summed E-state index contributed by atoms with van der Waals surface area (Å²) in [6, 6.07) is 6.01. The van der Waals surface area contributed by atoms with Crippen LogP contribution in [0.15, 0.2) is 30.6 Å². The topological polar surface area (TPSA) is 72.7 Å². The number of carbonyl (C=O) groups is 1. The van der Waals surface area contributed by atoms with Crippen LogP contribution in [0.3, 0.4) is 0 Å². The van der Waals surface area contributed by atoms with Crippen LogP contribution in [0.5, 0.6) is 0 Å². The molecule has 0 spiro atoms. The molecular weight excluding hydrogens is 285 g/mol. The zero-order chi connectivity index (χ0) is 16.2. The van der Waals surface area contributed by atoms with Gasteiger partial charge in [0.2, 0.25) is 5.91 Å². The number of nitrogens with one attached hydrogen (secondary N) is 1. The number of rotatable bonds is 5. The third kappa shape index (κ3) is 4.91. The van der Waals surface area contributed by atoms with Gasteiger partial charge in [-0.25, -0.2) is 9.07 Å². The van der Waals surface area contributed by atoms with Gasteiger partial charge in [0.15, 0.2) is 0 Å². The third-order valence-corrected chi connectivity index (χ3v) is 3.12. The Morgan fingerprint density at radius 2 is 2.00 bits per heavy atom. The van der Waals surface area contributed by atoms with E-state index in [9.17, 15) is 9.18 Å². The number of nitrogens with zero attached hydrogens (tertiary/aromatic N) is 4. The van der Waals surface area contributed by atoms with Crippen molar-refractivity contribution in [1.82, 2.24) is 25.5 Å². The van der Waals surface area contributed by atoms with Gasteiger partial charge >= 0.3 is 0 Å². The fourth-order valence-corrected chi connectivity index (χ4v) is 2.20. The summed E-state index contributed by atoms with van der Waals surface area (Å²) < 4.78 is 14.4. The lowest BCUT2D eigenvalue weighted by molar-refractivity contribution is -0.122. The average molecular weight is 305 g/mol. The van der Waals surface area contributed by atoms with E-state index in [1.165, 1.54) is 23.1 Å². The summed E-state index contributed by atoms with van der Waals surface area (Å²) in [4.78, 5) is 12.1. The number of amides is 1. The van der Waals surface area contributed by atoms with Crippen molar-refractivity contribution in [3.63, 3.8) is 0 Å². The molecule has 0 aliphatic carbocycles. The van der Waals surface area contributed by atoms with E-state index in [1.807, 2.05) is 0 Å². The molecule has 0 saturated carbocycles. The first-order valence-corrected chi connectivity index (χ1v) is 7.09. The molecule has 0 aliphatic heterocycles. The van der Waals surface area contributed by atoms with Crippen molar-refractivity contribution in [1.29, 1.82) is 0 Å². The van der Waals surface area contributed by atoms with Gasteiger partial charge in [0.25, 0.3) is 0 Å². The van der Waals surface area contributed by atoms with Gasteiger partial charge in [0, 0.05) is 0 Å². The summed E-state index contributed by atoms with van der Waals surface area (Å²) in [5.41, 5.74) is 0.891. The first kappa shape index (κ1) is 16.1. The van der Waals surface area contributed by atoms with Crippen LogP contribution in [0, 0.1) is 11.2 Å². The van der Waals surface area contributed by atoms with E-state index in [1.54, 1.807) is 12.1 Å². The van der Waals surface area contributed by atoms with Gasteiger partial charge in [-0.05, 0) is 40.0 Å². The van der Waals surface area contributed by atoms with Crippen molar-refractivity contribution in [3.8, 4) is 0 Å². The smallest absolute Gasteiger partial charge is 0.242 e. The molecule has 7 heteroatoms. The van der Waals surface area contributed by atoms with E-state index in [0.717, 1.165) is 12.0 Å². The maximum Gasteiger partial charge on any atom is 0.242 e. The second-order valence-electron chi connectivity index (χ2n) is 6.44. The minimum absolute atomic E-state index is 0.0150. The molecule has 2 rings (SSSR count). The number of tetrazole rings is 1. The lowest BCUT2D eigenvalue weighted by Gasteiger charge is -2.27. The van der Waals surface area contributed by atoms with Crippen molar-refractivity contribution >= 4 is 5.91 Å². The van der Waals surface area contributed by atoms with Gasteiger partial charge in [0.05, 0.1) is 6.04 Å². The van der Waals surface area contributed by atoms with E-state index in [2.05, 4.69) is 41.6 Å². The van der Waals surface area contributed by atoms with Crippen LogP contribution in [-0.2, 0) is 11.3 Å². The lowest BCUT2D eigenvalue weighted by Crippen LogP contribution is -2.33. The van der Waals surface area contributed by atoms with E-state index in [0.29, 0.717) is 0 Å². The highest BCUT2D eigenvalue weighted by molar-refractivity contribution is 5.76. The van der Waals surface area contributed by atoms with Crippen molar-refractivity contribution in [3.05, 3.63) is 42.0 Å². The Bertz CT molecular complexity index is 604. The molecule has 0 fully saturated rings. The standard InChI is InChI=1S/C15H20FN5O/c1-15(2,3)8-13(11-4-6-12(16)7-5-11)18-14(22)9-21-10-17-19-20-21/h4-7,10,13H,8-9H2,1-3H3,(H,18,22)/t13-/m0/s1. The quantitative estimate of drug-likeness (QED) is 0.918. The number of hydrogen-bond donors (Lipinski definition) is 1. The monoisotopic (exact) mass is 305 g/mol. The second kappa shape index (κ2) is 6.64. The zero-order valence-electron chi connectivity index (χ0n) is 13.0. The Labute approximate surface area is 128 Å². The van der Waals surface area contributed by atoms with Crippen LogP contribution >= 0.6 is 0 Å². The van der Waals surface area contributed by atoms with Gasteiger partial charge in [0.1, 0.15) is 18.7 Å². The molecule has 2 aromatic rings. The molecule has 118 valence electrons. The summed E-state index contributed by atoms with van der Waals surface area (Å²) in [7, 11) is 0. The molecule has 1 atom stereocenters. The van der Waals surface area contributed by atoms with E-state index >= 15 is 0 Å². The van der Waals surface area contributed by atoms with Crippen molar-refractivity contribution < 1.29 is 9.18 Å². The normalized spacial score (nSPS) is 12.9. The van der Waals surface area contributed by atoms with Gasteiger partial charge in [-0.2, -0.15) is 0 Å². The van der Waals surface area contributed by atoms with Gasteiger partial charge < -0.3 is 5.32 Å². The van der Waals surface area contributed by atoms with Crippen LogP contribution in [-0.4, -0.2) is 26.1 Å². The molecule has 1 aromatic heterocycles. The summed E-state index contributed by atoms with van der Waals surface area (Å²) in [6.45, 7) is 6.33. The zero-order valence-corrected chi connectivity index (χ0v) is 13.0. The molecule has 0 unspecified atom stereocenters. The number of aromatic nitrogens is 4. The molecule has 1 heterocycles. The van der Waals surface area contributed by atoms with E-state index in [4.69, 9.17) is 0 Å². The number of halogens is 1. The minimum atomic E-state index is -0.293. The van der Waals surface area contributed by atoms with Gasteiger partial charge in [-0.1, -0.05) is 32.9 Å². The molecule has 0 bridgehead atoms. The van der Waals surface area contributed by atoms with Gasteiger partial charge in [-0.3, -0.25) is 4.79 Å². The first-order valence-electron chi connectivity index (χ1n) is 7.09. The maximum absolute atomic E-state index is 13.1. The predicted molar refractivity (Wildman–Crippen MR) is 79.2 cm³/mol. The highest BCUT2D eigenvalue weighted by Crippen LogP contribution is 2.29. The molecule has 1 aromatic carbocycles. The Morgan fingerprint density at radius 3 is 2.55 bits per heavy atom. The lowest BCUT2D eigenvalue weighted by atomic mass is 9.85. The summed E-state index contributed by atoms with van der Waals surface area (Å²) >= 11 is 0. The molecular formula is C15H20FN5O.